The summed E-state index contributed by atoms with van der Waals surface area (Å²) in [6.45, 7) is 0.632. The highest BCUT2D eigenvalue weighted by atomic mass is 15.7. The number of hydrogen-bond donors (Lipinski definition) is 0. The summed E-state index contributed by atoms with van der Waals surface area (Å²) >= 11 is 0. The van der Waals surface area contributed by atoms with Crippen LogP contribution in [0.2, 0.25) is 0 Å². The van der Waals surface area contributed by atoms with Gasteiger partial charge in [0.05, 0.1) is 6.54 Å². The minimum Gasteiger partial charge on any atom is -0.256 e. The summed E-state index contributed by atoms with van der Waals surface area (Å²) in [5.74, 6) is 0.617. The third-order valence-corrected chi connectivity index (χ3v) is 1.84. The highest BCUT2D eigenvalue weighted by Crippen LogP contribution is 2.15. The third kappa shape index (κ3) is 0.805. The Balaban J connectivity index is 2.34. The lowest BCUT2D eigenvalue weighted by Crippen LogP contribution is -2.01. The quantitative estimate of drug-likeness (QED) is 0.535. The van der Waals surface area contributed by atoms with Crippen molar-refractivity contribution in [2.45, 2.75) is 6.54 Å². The van der Waals surface area contributed by atoms with E-state index < -0.39 is 0 Å². The summed E-state index contributed by atoms with van der Waals surface area (Å²) in [6.07, 6.45) is 3.43. The average molecular weight is 175 g/mol. The molecule has 0 saturated heterocycles. The van der Waals surface area contributed by atoms with Gasteiger partial charge < -0.3 is 0 Å². The summed E-state index contributed by atoms with van der Waals surface area (Å²) in [5, 5.41) is 19.2. The Morgan fingerprint density at radius 3 is 3.38 bits per heavy atom. The van der Waals surface area contributed by atoms with E-state index in [1.54, 1.807) is 17.1 Å². The molecule has 0 bridgehead atoms. The minimum absolute atomic E-state index is 0.617. The van der Waals surface area contributed by atoms with Crippen molar-refractivity contribution < 1.29 is 0 Å². The average Bonchev–Trinajstić information content (AvgIpc) is 2.72. The lowest BCUT2D eigenvalue weighted by molar-refractivity contribution is 0.698. The molecular formula is C6H5N7. The zero-order valence-corrected chi connectivity index (χ0v) is 6.57. The molecule has 0 N–H and O–H groups in total. The molecule has 2 aromatic heterocycles. The summed E-state index contributed by atoms with van der Waals surface area (Å²) in [7, 11) is 0. The maximum atomic E-state index is 4.11. The fourth-order valence-corrected chi connectivity index (χ4v) is 1.27. The number of tetrazole rings is 1. The van der Waals surface area contributed by atoms with Gasteiger partial charge in [0.15, 0.2) is 0 Å². The molecule has 3 heterocycles. The van der Waals surface area contributed by atoms with Gasteiger partial charge in [-0.25, -0.2) is 0 Å². The van der Waals surface area contributed by atoms with E-state index in [0.29, 0.717) is 12.4 Å². The Hall–Kier alpha value is -2.05. The lowest BCUT2D eigenvalue weighted by atomic mass is 10.4. The Morgan fingerprint density at radius 1 is 1.38 bits per heavy atom. The molecule has 0 amide bonds. The largest absolute Gasteiger partial charge is 0.256 e. The summed E-state index contributed by atoms with van der Waals surface area (Å²) in [5.41, 5.74) is 0.877. The highest BCUT2D eigenvalue weighted by molar-refractivity contribution is 5.61. The number of hydrogen-bond acceptors (Lipinski definition) is 5. The third-order valence-electron chi connectivity index (χ3n) is 1.84. The van der Waals surface area contributed by atoms with Gasteiger partial charge in [-0.1, -0.05) is 0 Å². The molecule has 13 heavy (non-hydrogen) atoms. The van der Waals surface area contributed by atoms with Crippen molar-refractivity contribution in [3.63, 3.8) is 0 Å². The van der Waals surface area contributed by atoms with Crippen LogP contribution in [0.5, 0.6) is 0 Å². The number of aromatic nitrogens is 6. The van der Waals surface area contributed by atoms with Gasteiger partial charge in [-0.05, 0) is 16.5 Å². The monoisotopic (exact) mass is 175 g/mol. The normalized spacial score (nSPS) is 13.5. The Bertz CT molecular complexity index is 465. The van der Waals surface area contributed by atoms with E-state index in [1.165, 1.54) is 4.79 Å². The number of rotatable bonds is 0. The molecule has 7 nitrogen and oxygen atoms in total. The number of fused-ring (bicyclic) bond motifs is 3. The van der Waals surface area contributed by atoms with Crippen molar-refractivity contribution in [3.8, 4) is 11.5 Å². The molecule has 0 unspecified atom stereocenters. The van der Waals surface area contributed by atoms with E-state index in [-0.39, 0.29) is 0 Å². The first-order valence-corrected chi connectivity index (χ1v) is 3.78. The molecule has 0 saturated carbocycles. The molecule has 64 valence electrons. The lowest BCUT2D eigenvalue weighted by Gasteiger charge is -1.96. The Kier molecular flexibility index (Phi) is 1.10. The first kappa shape index (κ1) is 6.46. The molecule has 0 aromatic carbocycles. The van der Waals surface area contributed by atoms with Gasteiger partial charge in [-0.15, -0.1) is 9.89 Å². The van der Waals surface area contributed by atoms with Gasteiger partial charge in [-0.3, -0.25) is 4.68 Å². The maximum Gasteiger partial charge on any atom is 0.225 e. The molecule has 7 heteroatoms. The van der Waals surface area contributed by atoms with Crippen LogP contribution in [0, 0.1) is 0 Å². The fraction of sp³-hybridized carbons (Fsp3) is 0.167. The zero-order valence-electron chi connectivity index (χ0n) is 6.57. The molecule has 0 fully saturated rings. The molecule has 2 aromatic rings. The second kappa shape index (κ2) is 2.22. The van der Waals surface area contributed by atoms with Crippen molar-refractivity contribution in [1.29, 1.82) is 0 Å². The summed E-state index contributed by atoms with van der Waals surface area (Å²) < 4.78 is 1.79. The first-order valence-electron chi connectivity index (χ1n) is 3.78. The molecule has 0 radical (unpaired) electrons. The predicted octanol–water partition coefficient (Wildman–Crippen LogP) is -0.616. The number of nitrogens with zero attached hydrogens (tertiary/aromatic N) is 7. The highest BCUT2D eigenvalue weighted by Gasteiger charge is 2.14. The smallest absolute Gasteiger partial charge is 0.225 e. The van der Waals surface area contributed by atoms with Crippen LogP contribution in [0.25, 0.3) is 11.5 Å². The minimum atomic E-state index is 0.617. The second-order valence-electron chi connectivity index (χ2n) is 2.59. The van der Waals surface area contributed by atoms with Crippen molar-refractivity contribution in [3.05, 3.63) is 12.3 Å². The summed E-state index contributed by atoms with van der Waals surface area (Å²) in [6, 6.07) is 1.86. The standard InChI is InChI=1S/C6H5N7/c1-2-7-12-4-3-8-13-6(5(1)12)9-10-11-13/h1-3H,4H2. The van der Waals surface area contributed by atoms with Crippen LogP contribution in [0.15, 0.2) is 17.4 Å². The Morgan fingerprint density at radius 2 is 2.38 bits per heavy atom. The maximum absolute atomic E-state index is 4.11. The van der Waals surface area contributed by atoms with Crippen LogP contribution in [0.3, 0.4) is 0 Å². The first-order chi connectivity index (χ1) is 6.45. The summed E-state index contributed by atoms with van der Waals surface area (Å²) in [4.78, 5) is 1.39. The van der Waals surface area contributed by atoms with Gasteiger partial charge >= 0.3 is 0 Å². The van der Waals surface area contributed by atoms with E-state index in [0.717, 1.165) is 5.69 Å². The van der Waals surface area contributed by atoms with Crippen LogP contribution in [0.4, 0.5) is 0 Å². The van der Waals surface area contributed by atoms with Gasteiger partial charge in [0.25, 0.3) is 0 Å². The molecule has 1 aliphatic rings. The molecular weight excluding hydrogens is 170 g/mol. The molecule has 0 atom stereocenters. The van der Waals surface area contributed by atoms with Crippen LogP contribution < -0.4 is 0 Å². The van der Waals surface area contributed by atoms with Crippen LogP contribution in [0.1, 0.15) is 0 Å². The topological polar surface area (TPSA) is 73.8 Å². The van der Waals surface area contributed by atoms with Crippen molar-refractivity contribution in [2.24, 2.45) is 5.10 Å². The van der Waals surface area contributed by atoms with E-state index in [1.807, 2.05) is 6.07 Å². The molecule has 3 rings (SSSR count). The Labute approximate surface area is 72.7 Å². The van der Waals surface area contributed by atoms with E-state index >= 15 is 0 Å². The van der Waals surface area contributed by atoms with Crippen molar-refractivity contribution in [2.75, 3.05) is 0 Å². The predicted molar refractivity (Wildman–Crippen MR) is 42.9 cm³/mol. The van der Waals surface area contributed by atoms with Crippen molar-refractivity contribution >= 4 is 6.21 Å². The van der Waals surface area contributed by atoms with E-state index in [2.05, 4.69) is 25.7 Å². The second-order valence-corrected chi connectivity index (χ2v) is 2.59. The van der Waals surface area contributed by atoms with Gasteiger partial charge in [0.2, 0.25) is 5.82 Å². The van der Waals surface area contributed by atoms with Crippen LogP contribution in [-0.2, 0) is 6.54 Å². The van der Waals surface area contributed by atoms with Crippen LogP contribution >= 0.6 is 0 Å². The van der Waals surface area contributed by atoms with Crippen molar-refractivity contribution in [1.82, 2.24) is 30.1 Å². The SMILES string of the molecule is C1=Nn2nnnc2-c2ccnn2C1. The van der Waals surface area contributed by atoms with Gasteiger partial charge in [-0.2, -0.15) is 10.2 Å². The molecule has 0 spiro atoms. The molecule has 0 aliphatic carbocycles. The molecule has 1 aliphatic heterocycles. The van der Waals surface area contributed by atoms with Crippen LogP contribution in [-0.4, -0.2) is 36.3 Å². The fourth-order valence-electron chi connectivity index (χ4n) is 1.27. The zero-order chi connectivity index (χ0) is 8.67. The van der Waals surface area contributed by atoms with Gasteiger partial charge in [0, 0.05) is 12.4 Å². The van der Waals surface area contributed by atoms with E-state index in [4.69, 9.17) is 0 Å². The van der Waals surface area contributed by atoms with E-state index in [9.17, 15) is 0 Å². The van der Waals surface area contributed by atoms with Gasteiger partial charge in [0.1, 0.15) is 5.69 Å².